The first-order chi connectivity index (χ1) is 8.58. The molecule has 0 fully saturated rings. The monoisotopic (exact) mass is 265 g/mol. The van der Waals surface area contributed by atoms with Crippen LogP contribution in [0.25, 0.3) is 0 Å². The van der Waals surface area contributed by atoms with Gasteiger partial charge in [0.15, 0.2) is 0 Å². The Morgan fingerprint density at radius 1 is 1.61 bits per heavy atom. The number of aromatic nitrogens is 1. The SMILES string of the molecule is CN(Cc1ccsc1)C(=O)c1cc(F)cnc1N. The fourth-order valence-corrected chi connectivity index (χ4v) is 2.21. The number of thiophene rings is 1. The minimum atomic E-state index is -0.573. The average molecular weight is 265 g/mol. The van der Waals surface area contributed by atoms with Crippen molar-refractivity contribution in [3.05, 3.63) is 46.0 Å². The molecule has 2 heterocycles. The highest BCUT2D eigenvalue weighted by atomic mass is 32.1. The van der Waals surface area contributed by atoms with Gasteiger partial charge in [-0.25, -0.2) is 9.37 Å². The van der Waals surface area contributed by atoms with E-state index < -0.39 is 5.82 Å². The minimum absolute atomic E-state index is 0.0403. The Bertz CT molecular complexity index is 556. The van der Waals surface area contributed by atoms with E-state index in [0.29, 0.717) is 6.54 Å². The number of nitrogens with zero attached hydrogens (tertiary/aromatic N) is 2. The molecule has 0 saturated heterocycles. The van der Waals surface area contributed by atoms with Gasteiger partial charge in [0.2, 0.25) is 0 Å². The highest BCUT2D eigenvalue weighted by Crippen LogP contribution is 2.15. The number of anilines is 1. The zero-order valence-electron chi connectivity index (χ0n) is 9.76. The van der Waals surface area contributed by atoms with Crippen molar-refractivity contribution in [2.45, 2.75) is 6.54 Å². The second-order valence-electron chi connectivity index (χ2n) is 3.88. The first kappa shape index (κ1) is 12.5. The maximum atomic E-state index is 13.1. The van der Waals surface area contributed by atoms with Gasteiger partial charge in [-0.2, -0.15) is 11.3 Å². The van der Waals surface area contributed by atoms with Crippen LogP contribution in [0.15, 0.2) is 29.1 Å². The van der Waals surface area contributed by atoms with E-state index >= 15 is 0 Å². The number of halogens is 1. The third kappa shape index (κ3) is 2.65. The van der Waals surface area contributed by atoms with E-state index in [4.69, 9.17) is 5.73 Å². The summed E-state index contributed by atoms with van der Waals surface area (Å²) in [6, 6.07) is 3.04. The Hall–Kier alpha value is -1.95. The van der Waals surface area contributed by atoms with Crippen molar-refractivity contribution < 1.29 is 9.18 Å². The lowest BCUT2D eigenvalue weighted by atomic mass is 10.2. The Kier molecular flexibility index (Phi) is 3.57. The number of nitrogen functional groups attached to an aromatic ring is 1. The normalized spacial score (nSPS) is 10.3. The zero-order chi connectivity index (χ0) is 13.1. The molecule has 6 heteroatoms. The second-order valence-corrected chi connectivity index (χ2v) is 4.66. The van der Waals surface area contributed by atoms with E-state index in [9.17, 15) is 9.18 Å². The summed E-state index contributed by atoms with van der Waals surface area (Å²) in [6.07, 6.45) is 0.991. The van der Waals surface area contributed by atoms with Crippen molar-refractivity contribution in [3.8, 4) is 0 Å². The van der Waals surface area contributed by atoms with Gasteiger partial charge in [0.25, 0.3) is 5.91 Å². The van der Waals surface area contributed by atoms with Gasteiger partial charge < -0.3 is 10.6 Å². The second kappa shape index (κ2) is 5.14. The number of hydrogen-bond donors (Lipinski definition) is 1. The molecule has 0 aliphatic rings. The molecule has 4 nitrogen and oxygen atoms in total. The van der Waals surface area contributed by atoms with Gasteiger partial charge in [0.1, 0.15) is 11.6 Å². The van der Waals surface area contributed by atoms with Gasteiger partial charge in [-0.1, -0.05) is 0 Å². The highest BCUT2D eigenvalue weighted by Gasteiger charge is 2.16. The number of hydrogen-bond acceptors (Lipinski definition) is 4. The Labute approximate surface area is 108 Å². The highest BCUT2D eigenvalue weighted by molar-refractivity contribution is 7.07. The van der Waals surface area contributed by atoms with Crippen molar-refractivity contribution >= 4 is 23.1 Å². The van der Waals surface area contributed by atoms with Crippen LogP contribution in [0.1, 0.15) is 15.9 Å². The van der Waals surface area contributed by atoms with Gasteiger partial charge in [-0.05, 0) is 28.5 Å². The molecule has 2 aromatic rings. The Morgan fingerprint density at radius 3 is 3.06 bits per heavy atom. The topological polar surface area (TPSA) is 59.2 Å². The summed E-state index contributed by atoms with van der Waals surface area (Å²) >= 11 is 1.56. The van der Waals surface area contributed by atoms with Gasteiger partial charge >= 0.3 is 0 Å². The van der Waals surface area contributed by atoms with E-state index in [2.05, 4.69) is 4.98 Å². The Balaban J connectivity index is 2.17. The van der Waals surface area contributed by atoms with Crippen LogP contribution in [-0.4, -0.2) is 22.8 Å². The summed E-state index contributed by atoms with van der Waals surface area (Å²) in [6.45, 7) is 0.457. The number of carbonyl (C=O) groups is 1. The Morgan fingerprint density at radius 2 is 2.39 bits per heavy atom. The fourth-order valence-electron chi connectivity index (χ4n) is 1.56. The molecule has 2 rings (SSSR count). The number of pyridine rings is 1. The number of amides is 1. The summed E-state index contributed by atoms with van der Waals surface area (Å²) < 4.78 is 13.1. The first-order valence-corrected chi connectivity index (χ1v) is 6.20. The third-order valence-corrected chi connectivity index (χ3v) is 3.19. The standard InChI is InChI=1S/C12H12FN3OS/c1-16(6-8-2-3-18-7-8)12(17)10-4-9(13)5-15-11(10)14/h2-5,7H,6H2,1H3,(H2,14,15). The predicted molar refractivity (Wildman–Crippen MR) is 68.7 cm³/mol. The summed E-state index contributed by atoms with van der Waals surface area (Å²) in [5, 5.41) is 3.89. The van der Waals surface area contributed by atoms with Gasteiger partial charge in [-0.15, -0.1) is 0 Å². The number of carbonyl (C=O) groups excluding carboxylic acids is 1. The largest absolute Gasteiger partial charge is 0.383 e. The van der Waals surface area contributed by atoms with Crippen LogP contribution >= 0.6 is 11.3 Å². The lowest BCUT2D eigenvalue weighted by Gasteiger charge is -2.17. The predicted octanol–water partition coefficient (Wildman–Crippen LogP) is 2.14. The molecular weight excluding hydrogens is 253 g/mol. The van der Waals surface area contributed by atoms with Gasteiger partial charge in [-0.3, -0.25) is 4.79 Å². The van der Waals surface area contributed by atoms with Crippen molar-refractivity contribution in [1.29, 1.82) is 0 Å². The molecule has 2 N–H and O–H groups in total. The molecule has 0 saturated carbocycles. The summed E-state index contributed by atoms with van der Waals surface area (Å²) in [7, 11) is 1.64. The van der Waals surface area contributed by atoms with Crippen molar-refractivity contribution in [2.75, 3.05) is 12.8 Å². The van der Waals surface area contributed by atoms with Crippen molar-refractivity contribution in [2.24, 2.45) is 0 Å². The van der Waals surface area contributed by atoms with E-state index in [1.165, 1.54) is 4.90 Å². The van der Waals surface area contributed by atoms with Crippen LogP contribution in [0.3, 0.4) is 0 Å². The molecule has 94 valence electrons. The van der Waals surface area contributed by atoms with E-state index in [1.807, 2.05) is 16.8 Å². The lowest BCUT2D eigenvalue weighted by molar-refractivity contribution is 0.0785. The quantitative estimate of drug-likeness (QED) is 0.925. The molecule has 0 unspecified atom stereocenters. The minimum Gasteiger partial charge on any atom is -0.383 e. The maximum absolute atomic E-state index is 13.1. The van der Waals surface area contributed by atoms with E-state index in [0.717, 1.165) is 17.8 Å². The van der Waals surface area contributed by atoms with Crippen LogP contribution in [0.4, 0.5) is 10.2 Å². The average Bonchev–Trinajstić information content (AvgIpc) is 2.84. The molecule has 18 heavy (non-hydrogen) atoms. The van der Waals surface area contributed by atoms with Crippen LogP contribution in [-0.2, 0) is 6.54 Å². The van der Waals surface area contributed by atoms with Crippen molar-refractivity contribution in [1.82, 2.24) is 9.88 Å². The first-order valence-electron chi connectivity index (χ1n) is 5.25. The van der Waals surface area contributed by atoms with E-state index in [1.54, 1.807) is 18.4 Å². The molecule has 0 radical (unpaired) electrons. The summed E-state index contributed by atoms with van der Waals surface area (Å²) in [4.78, 5) is 17.2. The summed E-state index contributed by atoms with van der Waals surface area (Å²) in [5.74, 6) is -0.874. The van der Waals surface area contributed by atoms with Crippen LogP contribution in [0.2, 0.25) is 0 Å². The molecular formula is C12H12FN3OS. The molecule has 0 aliphatic heterocycles. The van der Waals surface area contributed by atoms with Gasteiger partial charge in [0.05, 0.1) is 11.8 Å². The third-order valence-electron chi connectivity index (χ3n) is 2.46. The zero-order valence-corrected chi connectivity index (χ0v) is 10.6. The smallest absolute Gasteiger partial charge is 0.257 e. The van der Waals surface area contributed by atoms with Gasteiger partial charge in [0, 0.05) is 13.6 Å². The molecule has 0 aliphatic carbocycles. The van der Waals surface area contributed by atoms with Crippen LogP contribution in [0, 0.1) is 5.82 Å². The van der Waals surface area contributed by atoms with E-state index in [-0.39, 0.29) is 17.3 Å². The van der Waals surface area contributed by atoms with Crippen molar-refractivity contribution in [3.63, 3.8) is 0 Å². The van der Waals surface area contributed by atoms with Crippen LogP contribution < -0.4 is 5.73 Å². The molecule has 0 bridgehead atoms. The fraction of sp³-hybridized carbons (Fsp3) is 0.167. The maximum Gasteiger partial charge on any atom is 0.257 e. The number of rotatable bonds is 3. The number of nitrogens with two attached hydrogens (primary N) is 1. The molecule has 0 aromatic carbocycles. The molecule has 0 spiro atoms. The molecule has 2 aromatic heterocycles. The molecule has 0 atom stereocenters. The van der Waals surface area contributed by atoms with Crippen LogP contribution in [0.5, 0.6) is 0 Å². The lowest BCUT2D eigenvalue weighted by Crippen LogP contribution is -2.27. The molecule has 1 amide bonds. The summed E-state index contributed by atoms with van der Waals surface area (Å²) in [5.41, 5.74) is 6.70.